The highest BCUT2D eigenvalue weighted by Crippen LogP contribution is 2.57. The van der Waals surface area contributed by atoms with E-state index >= 15 is 0 Å². The maximum absolute atomic E-state index is 2.69. The smallest absolute Gasteiger partial charge is 0.0782 e. The molecule has 59 heavy (non-hydrogen) atoms. The number of unbranched alkanes of at least 4 members (excludes halogenated alkanes) is 10. The van der Waals surface area contributed by atoms with Gasteiger partial charge < -0.3 is 9.38 Å². The Kier molecular flexibility index (Phi) is 15.8. The number of nitrogens with zero attached hydrogens (tertiary/aromatic N) is 2. The Morgan fingerprint density at radius 3 is 1.29 bits per heavy atom. The highest BCUT2D eigenvalue weighted by molar-refractivity contribution is 5.87. The van der Waals surface area contributed by atoms with Gasteiger partial charge in [0.15, 0.2) is 0 Å². The zero-order chi connectivity index (χ0) is 42.0. The Hall–Kier alpha value is -3.20. The first-order chi connectivity index (χ1) is 28.5. The minimum atomic E-state index is 0.0266. The molecule has 0 bridgehead atoms. The van der Waals surface area contributed by atoms with E-state index in [2.05, 4.69) is 140 Å². The minimum Gasteiger partial charge on any atom is -0.329 e. The number of fused-ring (bicyclic) bond motifs is 6. The van der Waals surface area contributed by atoms with Crippen LogP contribution in [-0.2, 0) is 10.8 Å². The average Bonchev–Trinajstić information content (AvgIpc) is 3.65. The van der Waals surface area contributed by atoms with E-state index in [1.165, 1.54) is 173 Å². The van der Waals surface area contributed by atoms with Gasteiger partial charge in [-0.1, -0.05) is 170 Å². The van der Waals surface area contributed by atoms with Gasteiger partial charge in [0.2, 0.25) is 0 Å². The summed E-state index contributed by atoms with van der Waals surface area (Å²) in [6, 6.07) is 30.1. The van der Waals surface area contributed by atoms with Gasteiger partial charge in [-0.15, -0.1) is 0 Å². The Balaban J connectivity index is 1.43. The van der Waals surface area contributed by atoms with Crippen molar-refractivity contribution in [2.45, 2.75) is 168 Å². The van der Waals surface area contributed by atoms with Gasteiger partial charge in [-0.05, 0) is 147 Å². The van der Waals surface area contributed by atoms with Crippen LogP contribution in [-0.4, -0.2) is 56.7 Å². The molecule has 2 aliphatic rings. The largest absolute Gasteiger partial charge is 0.329 e. The van der Waals surface area contributed by atoms with Crippen LogP contribution in [0, 0.1) is 13.8 Å². The number of quaternary nitrogens is 1. The molecule has 6 rings (SSSR count). The highest BCUT2D eigenvalue weighted by atomic mass is 15.3. The number of hydrogen-bond donors (Lipinski definition) is 0. The van der Waals surface area contributed by atoms with Crippen LogP contribution >= 0.6 is 0 Å². The quantitative estimate of drug-likeness (QED) is 0.0477. The predicted molar refractivity (Wildman–Crippen MR) is 259 cm³/mol. The summed E-state index contributed by atoms with van der Waals surface area (Å²) in [5, 5.41) is 0. The first-order valence-electron chi connectivity index (χ1n) is 24.6. The molecule has 4 aromatic rings. The molecule has 0 amide bonds. The number of benzene rings is 4. The summed E-state index contributed by atoms with van der Waals surface area (Å²) >= 11 is 0. The fourth-order valence-corrected chi connectivity index (χ4v) is 11.1. The van der Waals surface area contributed by atoms with Gasteiger partial charge in [0, 0.05) is 10.8 Å². The zero-order valence-electron chi connectivity index (χ0n) is 39.4. The van der Waals surface area contributed by atoms with E-state index in [9.17, 15) is 0 Å². The van der Waals surface area contributed by atoms with E-state index < -0.39 is 0 Å². The first kappa shape index (κ1) is 45.3. The summed E-state index contributed by atoms with van der Waals surface area (Å²) in [7, 11) is 7.11. The van der Waals surface area contributed by atoms with Crippen molar-refractivity contribution in [1.82, 2.24) is 4.90 Å². The lowest BCUT2D eigenvalue weighted by molar-refractivity contribution is -0.888. The molecule has 0 aromatic heterocycles. The van der Waals surface area contributed by atoms with E-state index in [0.717, 1.165) is 17.6 Å². The summed E-state index contributed by atoms with van der Waals surface area (Å²) in [6.07, 6.45) is 23.6. The van der Waals surface area contributed by atoms with Crippen LogP contribution in [0.3, 0.4) is 0 Å². The molecule has 0 radical (unpaired) electrons. The average molecular weight is 796 g/mol. The van der Waals surface area contributed by atoms with Crippen molar-refractivity contribution >= 4 is 0 Å². The van der Waals surface area contributed by atoms with Crippen LogP contribution in [0.5, 0.6) is 0 Å². The van der Waals surface area contributed by atoms with Crippen molar-refractivity contribution in [2.75, 3.05) is 47.3 Å². The van der Waals surface area contributed by atoms with Crippen molar-refractivity contribution < 1.29 is 4.48 Å². The summed E-state index contributed by atoms with van der Waals surface area (Å²) in [5.41, 5.74) is 18.1. The van der Waals surface area contributed by atoms with Gasteiger partial charge >= 0.3 is 0 Å². The number of aryl methyl sites for hydroxylation is 2. The Labute approximate surface area is 362 Å². The standard InChI is InChI=1S/C57H83N2/c1-10-14-16-18-20-22-34-56(35-23-21-19-17-15-11-2)52-40-44(5)26-30-48(52)50-32-28-46(42-54(50)56)47-29-33-51-49-31-27-45(6)41-53(49)57(55(51)43-47,36-24-38-58(7)12-3)37-25-39-59(8,9)13-4/h26-33,40-43H,10-25,34-39H2,1-9H3/q+1. The lowest BCUT2D eigenvalue weighted by Crippen LogP contribution is -2.41. The van der Waals surface area contributed by atoms with E-state index in [1.54, 1.807) is 22.3 Å². The van der Waals surface area contributed by atoms with Gasteiger partial charge in [-0.2, -0.15) is 0 Å². The third-order valence-corrected chi connectivity index (χ3v) is 15.2. The Morgan fingerprint density at radius 1 is 0.458 bits per heavy atom. The summed E-state index contributed by atoms with van der Waals surface area (Å²) in [4.78, 5) is 2.50. The molecular formula is C57H83N2+. The van der Waals surface area contributed by atoms with E-state index in [0.29, 0.717) is 0 Å². The van der Waals surface area contributed by atoms with Crippen LogP contribution in [0.15, 0.2) is 72.8 Å². The highest BCUT2D eigenvalue weighted by Gasteiger charge is 2.44. The van der Waals surface area contributed by atoms with Crippen LogP contribution in [0.2, 0.25) is 0 Å². The monoisotopic (exact) mass is 796 g/mol. The minimum absolute atomic E-state index is 0.0266. The van der Waals surface area contributed by atoms with Gasteiger partial charge in [0.1, 0.15) is 0 Å². The van der Waals surface area contributed by atoms with Gasteiger partial charge in [-0.3, -0.25) is 0 Å². The van der Waals surface area contributed by atoms with E-state index in [4.69, 9.17) is 0 Å². The van der Waals surface area contributed by atoms with Gasteiger partial charge in [-0.25, -0.2) is 0 Å². The first-order valence-corrected chi connectivity index (χ1v) is 24.6. The fourth-order valence-electron chi connectivity index (χ4n) is 11.1. The van der Waals surface area contributed by atoms with Crippen LogP contribution in [0.25, 0.3) is 33.4 Å². The molecule has 1 atom stereocenters. The van der Waals surface area contributed by atoms with Crippen LogP contribution in [0.4, 0.5) is 0 Å². The molecule has 2 nitrogen and oxygen atoms in total. The summed E-state index contributed by atoms with van der Waals surface area (Å²) in [5.74, 6) is 0. The second kappa shape index (κ2) is 20.6. The zero-order valence-corrected chi connectivity index (χ0v) is 39.4. The lowest BCUT2D eigenvalue weighted by atomic mass is 9.69. The second-order valence-corrected chi connectivity index (χ2v) is 19.9. The van der Waals surface area contributed by atoms with Crippen molar-refractivity contribution in [3.8, 4) is 33.4 Å². The normalized spacial score (nSPS) is 16.4. The Bertz CT molecular complexity index is 1950. The molecule has 2 heteroatoms. The molecule has 0 heterocycles. The third kappa shape index (κ3) is 10.1. The molecule has 2 aliphatic carbocycles. The SMILES string of the molecule is CCCCCCCCC1(CCCCCCCC)c2cc(C)ccc2-c2ccc(-c3ccc4c(c3)C(CCCN(C)CC)(CCC[N+](C)(C)CC)c3cc(C)ccc3-4)cc21. The molecule has 0 saturated carbocycles. The molecule has 1 unspecified atom stereocenters. The second-order valence-electron chi connectivity index (χ2n) is 19.9. The number of hydrogen-bond acceptors (Lipinski definition) is 1. The van der Waals surface area contributed by atoms with E-state index in [-0.39, 0.29) is 10.8 Å². The summed E-state index contributed by atoms with van der Waals surface area (Å²) < 4.78 is 1.08. The molecule has 0 spiro atoms. The maximum atomic E-state index is 2.69. The molecule has 0 aliphatic heterocycles. The third-order valence-electron chi connectivity index (χ3n) is 15.2. The lowest BCUT2D eigenvalue weighted by Gasteiger charge is -2.35. The predicted octanol–water partition coefficient (Wildman–Crippen LogP) is 15.6. The summed E-state index contributed by atoms with van der Waals surface area (Å²) in [6.45, 7) is 18.6. The van der Waals surface area contributed by atoms with Crippen molar-refractivity contribution in [2.24, 2.45) is 0 Å². The van der Waals surface area contributed by atoms with Crippen LogP contribution in [0.1, 0.15) is 177 Å². The Morgan fingerprint density at radius 2 is 0.847 bits per heavy atom. The molecule has 0 N–H and O–H groups in total. The van der Waals surface area contributed by atoms with E-state index in [1.807, 2.05) is 0 Å². The fraction of sp³-hybridized carbons (Fsp3) is 0.579. The van der Waals surface area contributed by atoms with Gasteiger partial charge in [0.05, 0.1) is 27.2 Å². The van der Waals surface area contributed by atoms with Gasteiger partial charge in [0.25, 0.3) is 0 Å². The maximum Gasteiger partial charge on any atom is 0.0782 e. The van der Waals surface area contributed by atoms with Crippen LogP contribution < -0.4 is 0 Å². The van der Waals surface area contributed by atoms with Crippen molar-refractivity contribution in [3.05, 3.63) is 106 Å². The molecule has 320 valence electrons. The molecule has 0 saturated heterocycles. The van der Waals surface area contributed by atoms with Crippen molar-refractivity contribution in [3.63, 3.8) is 0 Å². The molecular weight excluding hydrogens is 713 g/mol. The molecule has 0 fully saturated rings. The topological polar surface area (TPSA) is 3.24 Å². The number of rotatable bonds is 25. The molecule has 4 aromatic carbocycles. The van der Waals surface area contributed by atoms with Crippen molar-refractivity contribution in [1.29, 1.82) is 0 Å².